The molecule has 5 nitrogen and oxygen atoms in total. The van der Waals surface area contributed by atoms with Crippen molar-refractivity contribution in [2.75, 3.05) is 20.3 Å². The van der Waals surface area contributed by atoms with E-state index in [0.717, 1.165) is 41.4 Å². The van der Waals surface area contributed by atoms with E-state index in [1.165, 1.54) is 4.70 Å². The van der Waals surface area contributed by atoms with Crippen molar-refractivity contribution in [3.8, 4) is 11.5 Å². The Balaban J connectivity index is 1.37. The Bertz CT molecular complexity index is 890. The normalized spacial score (nSPS) is 16.6. The Morgan fingerprint density at radius 2 is 1.96 bits per heavy atom. The van der Waals surface area contributed by atoms with Crippen molar-refractivity contribution in [2.24, 2.45) is 0 Å². The third-order valence-corrected chi connectivity index (χ3v) is 5.95. The Kier molecular flexibility index (Phi) is 5.25. The Morgan fingerprint density at radius 3 is 2.74 bits per heavy atom. The fraction of sp³-hybridized carbons (Fsp3) is 0.333. The number of aromatic nitrogens is 1. The van der Waals surface area contributed by atoms with E-state index in [0.29, 0.717) is 13.0 Å². The summed E-state index contributed by atoms with van der Waals surface area (Å²) < 4.78 is 12.0. The number of ether oxygens (including phenoxy) is 2. The van der Waals surface area contributed by atoms with Gasteiger partial charge < -0.3 is 14.4 Å². The maximum absolute atomic E-state index is 12.7. The first-order valence-electron chi connectivity index (χ1n) is 9.16. The molecule has 140 valence electrons. The third kappa shape index (κ3) is 3.90. The van der Waals surface area contributed by atoms with E-state index < -0.39 is 0 Å². The van der Waals surface area contributed by atoms with E-state index >= 15 is 0 Å². The Morgan fingerprint density at radius 1 is 1.19 bits per heavy atom. The number of methoxy groups -OCH3 is 1. The number of carbonyl (C=O) groups excluding carboxylic acids is 1. The lowest BCUT2D eigenvalue weighted by Gasteiger charge is -2.23. The lowest BCUT2D eigenvalue weighted by atomic mass is 10.2. The largest absolute Gasteiger partial charge is 0.497 e. The van der Waals surface area contributed by atoms with Crippen LogP contribution < -0.4 is 9.47 Å². The number of likely N-dealkylation sites (tertiary alicyclic amines) is 1. The van der Waals surface area contributed by atoms with Gasteiger partial charge in [-0.25, -0.2) is 4.98 Å². The molecule has 1 atom stereocenters. The van der Waals surface area contributed by atoms with Gasteiger partial charge in [-0.15, -0.1) is 11.3 Å². The molecule has 0 saturated carbocycles. The molecular weight excluding hydrogens is 360 g/mol. The van der Waals surface area contributed by atoms with Crippen LogP contribution in [0.5, 0.6) is 11.5 Å². The van der Waals surface area contributed by atoms with Crippen LogP contribution in [0.3, 0.4) is 0 Å². The van der Waals surface area contributed by atoms with Crippen molar-refractivity contribution >= 4 is 27.5 Å². The summed E-state index contributed by atoms with van der Waals surface area (Å²) in [4.78, 5) is 19.5. The standard InChI is InChI=1S/C21H22N2O3S/c1-25-15-8-10-16(11-9-15)26-14-12-20(24)23-13-4-6-18(23)21-22-17-5-2-3-7-19(17)27-21/h2-3,5,7-11,18H,4,6,12-14H2,1H3. The minimum Gasteiger partial charge on any atom is -0.497 e. The van der Waals surface area contributed by atoms with Gasteiger partial charge >= 0.3 is 0 Å². The van der Waals surface area contributed by atoms with Crippen molar-refractivity contribution in [2.45, 2.75) is 25.3 Å². The van der Waals surface area contributed by atoms with Gasteiger partial charge in [0.05, 0.1) is 36.4 Å². The summed E-state index contributed by atoms with van der Waals surface area (Å²) in [5.74, 6) is 1.66. The highest BCUT2D eigenvalue weighted by Crippen LogP contribution is 2.36. The van der Waals surface area contributed by atoms with Crippen molar-refractivity contribution in [1.82, 2.24) is 9.88 Å². The zero-order valence-electron chi connectivity index (χ0n) is 15.3. The van der Waals surface area contributed by atoms with Crippen LogP contribution in [0.1, 0.15) is 30.3 Å². The van der Waals surface area contributed by atoms with Gasteiger partial charge in [0, 0.05) is 6.54 Å². The highest BCUT2D eigenvalue weighted by Gasteiger charge is 2.31. The number of rotatable bonds is 6. The smallest absolute Gasteiger partial charge is 0.226 e. The molecule has 1 unspecified atom stereocenters. The summed E-state index contributed by atoms with van der Waals surface area (Å²) in [6.07, 6.45) is 2.37. The number of thiazole rings is 1. The number of amides is 1. The van der Waals surface area contributed by atoms with Crippen LogP contribution in [0.15, 0.2) is 48.5 Å². The van der Waals surface area contributed by atoms with E-state index in [1.807, 2.05) is 47.4 Å². The predicted octanol–water partition coefficient (Wildman–Crippen LogP) is 4.44. The number of fused-ring (bicyclic) bond motifs is 1. The van der Waals surface area contributed by atoms with E-state index in [4.69, 9.17) is 14.5 Å². The fourth-order valence-corrected chi connectivity index (χ4v) is 4.54. The van der Waals surface area contributed by atoms with Crippen LogP contribution in [0.25, 0.3) is 10.2 Å². The number of benzene rings is 2. The molecule has 2 aromatic carbocycles. The second kappa shape index (κ2) is 7.96. The van der Waals surface area contributed by atoms with Crippen molar-refractivity contribution in [3.63, 3.8) is 0 Å². The molecule has 0 bridgehead atoms. The zero-order chi connectivity index (χ0) is 18.6. The van der Waals surface area contributed by atoms with Gasteiger partial charge in [0.1, 0.15) is 16.5 Å². The summed E-state index contributed by atoms with van der Waals surface area (Å²) in [5, 5.41) is 1.04. The molecule has 1 aromatic heterocycles. The second-order valence-corrected chi connectivity index (χ2v) is 7.60. The number of hydrogen-bond donors (Lipinski definition) is 0. The van der Waals surface area contributed by atoms with Crippen LogP contribution in [0.4, 0.5) is 0 Å². The molecule has 1 saturated heterocycles. The van der Waals surface area contributed by atoms with Crippen LogP contribution in [0.2, 0.25) is 0 Å². The number of carbonyl (C=O) groups is 1. The molecule has 27 heavy (non-hydrogen) atoms. The molecule has 6 heteroatoms. The van der Waals surface area contributed by atoms with Gasteiger partial charge in [-0.1, -0.05) is 12.1 Å². The van der Waals surface area contributed by atoms with Gasteiger partial charge in [0.25, 0.3) is 0 Å². The predicted molar refractivity (Wildman–Crippen MR) is 106 cm³/mol. The lowest BCUT2D eigenvalue weighted by Crippen LogP contribution is -2.31. The van der Waals surface area contributed by atoms with Gasteiger partial charge in [-0.05, 0) is 49.2 Å². The molecule has 1 aliphatic rings. The van der Waals surface area contributed by atoms with Gasteiger partial charge in [0.2, 0.25) is 5.91 Å². The van der Waals surface area contributed by atoms with Gasteiger partial charge in [-0.2, -0.15) is 0 Å². The van der Waals surface area contributed by atoms with Crippen molar-refractivity contribution < 1.29 is 14.3 Å². The molecule has 1 fully saturated rings. The van der Waals surface area contributed by atoms with Crippen LogP contribution in [-0.4, -0.2) is 36.1 Å². The topological polar surface area (TPSA) is 51.7 Å². The molecule has 3 aromatic rings. The molecule has 1 aliphatic heterocycles. The second-order valence-electron chi connectivity index (χ2n) is 6.54. The monoisotopic (exact) mass is 382 g/mol. The quantitative estimate of drug-likeness (QED) is 0.633. The number of para-hydroxylation sites is 1. The Hall–Kier alpha value is -2.60. The first-order chi connectivity index (χ1) is 13.2. The lowest BCUT2D eigenvalue weighted by molar-refractivity contribution is -0.132. The molecule has 0 radical (unpaired) electrons. The average molecular weight is 382 g/mol. The van der Waals surface area contributed by atoms with Crippen LogP contribution >= 0.6 is 11.3 Å². The zero-order valence-corrected chi connectivity index (χ0v) is 16.1. The molecule has 1 amide bonds. The SMILES string of the molecule is COc1ccc(OCCC(=O)N2CCCC2c2nc3ccccc3s2)cc1. The third-order valence-electron chi connectivity index (χ3n) is 4.81. The fourth-order valence-electron chi connectivity index (χ4n) is 3.43. The summed E-state index contributed by atoms with van der Waals surface area (Å²) in [6.45, 7) is 1.16. The summed E-state index contributed by atoms with van der Waals surface area (Å²) in [7, 11) is 1.63. The van der Waals surface area contributed by atoms with E-state index in [1.54, 1.807) is 18.4 Å². The van der Waals surface area contributed by atoms with E-state index in [9.17, 15) is 4.79 Å². The minimum atomic E-state index is 0.0934. The first kappa shape index (κ1) is 17.8. The average Bonchev–Trinajstić information content (AvgIpc) is 3.35. The highest BCUT2D eigenvalue weighted by atomic mass is 32.1. The summed E-state index contributed by atoms with van der Waals surface area (Å²) in [5.41, 5.74) is 1.01. The minimum absolute atomic E-state index is 0.0934. The molecule has 0 N–H and O–H groups in total. The van der Waals surface area contributed by atoms with E-state index in [2.05, 4.69) is 6.07 Å². The Labute approximate surface area is 162 Å². The number of hydrogen-bond acceptors (Lipinski definition) is 5. The van der Waals surface area contributed by atoms with Crippen molar-refractivity contribution in [1.29, 1.82) is 0 Å². The summed E-state index contributed by atoms with van der Waals surface area (Å²) >= 11 is 1.69. The molecule has 0 aliphatic carbocycles. The van der Waals surface area contributed by atoms with Crippen LogP contribution in [-0.2, 0) is 4.79 Å². The summed E-state index contributed by atoms with van der Waals surface area (Å²) in [6, 6.07) is 15.6. The van der Waals surface area contributed by atoms with Gasteiger partial charge in [-0.3, -0.25) is 4.79 Å². The van der Waals surface area contributed by atoms with Crippen molar-refractivity contribution in [3.05, 3.63) is 53.5 Å². The van der Waals surface area contributed by atoms with E-state index in [-0.39, 0.29) is 11.9 Å². The highest BCUT2D eigenvalue weighted by molar-refractivity contribution is 7.18. The maximum atomic E-state index is 12.7. The maximum Gasteiger partial charge on any atom is 0.226 e. The molecule has 4 rings (SSSR count). The molecule has 2 heterocycles. The molecular formula is C21H22N2O3S. The van der Waals surface area contributed by atoms with Crippen LogP contribution in [0, 0.1) is 0 Å². The number of nitrogens with zero attached hydrogens (tertiary/aromatic N) is 2. The molecule has 0 spiro atoms. The first-order valence-corrected chi connectivity index (χ1v) is 9.98. The van der Waals surface area contributed by atoms with Gasteiger partial charge in [0.15, 0.2) is 0 Å².